The molecule has 10 atom stereocenters. The molecule has 2 saturated heterocycles. The fourth-order valence-corrected chi connectivity index (χ4v) is 3.64. The maximum Gasteiger partial charge on any atom is 0.155 e. The number of aliphatic hydroxyl groups is 6. The fourth-order valence-electron chi connectivity index (χ4n) is 3.64. The van der Waals surface area contributed by atoms with Gasteiger partial charge in [-0.15, -0.1) is 0 Å². The predicted octanol–water partition coefficient (Wildman–Crippen LogP) is -3.38. The molecule has 6 N–H and O–H groups in total. The van der Waals surface area contributed by atoms with Gasteiger partial charge in [-0.2, -0.15) is 0 Å². The zero-order valence-corrected chi connectivity index (χ0v) is 18.2. The Bertz CT molecular complexity index is 475. The van der Waals surface area contributed by atoms with E-state index in [9.17, 15) is 30.6 Å². The van der Waals surface area contributed by atoms with E-state index < -0.39 is 61.4 Å². The van der Waals surface area contributed by atoms with E-state index in [0.717, 1.165) is 0 Å². The minimum Gasteiger partial charge on any atom is -0.389 e. The second-order valence-electron chi connectivity index (χ2n) is 8.01. The quantitative estimate of drug-likeness (QED) is 0.183. The highest BCUT2D eigenvalue weighted by Crippen LogP contribution is 2.20. The Labute approximate surface area is 181 Å². The van der Waals surface area contributed by atoms with Gasteiger partial charge in [-0.3, -0.25) is 4.90 Å². The lowest BCUT2D eigenvalue weighted by Gasteiger charge is -2.39. The summed E-state index contributed by atoms with van der Waals surface area (Å²) >= 11 is 0. The number of ether oxygens (including phenoxy) is 5. The number of methoxy groups -OCH3 is 1. The summed E-state index contributed by atoms with van der Waals surface area (Å²) in [6.45, 7) is 3.55. The van der Waals surface area contributed by atoms with Crippen molar-refractivity contribution in [2.24, 2.45) is 0 Å². The first-order valence-electron chi connectivity index (χ1n) is 10.5. The number of rotatable bonds is 11. The van der Waals surface area contributed by atoms with Crippen molar-refractivity contribution in [3.8, 4) is 0 Å². The van der Waals surface area contributed by atoms with Crippen molar-refractivity contribution in [2.75, 3.05) is 46.6 Å². The minimum absolute atomic E-state index is 0.0280. The van der Waals surface area contributed by atoms with Crippen LogP contribution in [0.15, 0.2) is 0 Å². The third kappa shape index (κ3) is 7.81. The first-order valence-corrected chi connectivity index (χ1v) is 10.5. The standard InChI is InChI=1S/C19H37NO11/c1-10-28-8-14(23)18(30-10)16(25)12(21)6-20(4-5-27-3)7-13(22)17(26)19-15(24)9-29-11(2)31-19/h10-19,21-26H,4-9H2,1-3H3/t10-,11-,12+,13+,14-,15-,16-,17-,18-,19-/m1/s1. The Hall–Kier alpha value is -0.480. The molecule has 0 amide bonds. The summed E-state index contributed by atoms with van der Waals surface area (Å²) < 4.78 is 26.1. The van der Waals surface area contributed by atoms with Crippen molar-refractivity contribution >= 4 is 0 Å². The molecule has 0 aromatic carbocycles. The van der Waals surface area contributed by atoms with E-state index in [1.807, 2.05) is 0 Å². The van der Waals surface area contributed by atoms with Gasteiger partial charge >= 0.3 is 0 Å². The number of nitrogens with zero attached hydrogens (tertiary/aromatic N) is 1. The zero-order chi connectivity index (χ0) is 23.1. The van der Waals surface area contributed by atoms with Crippen molar-refractivity contribution in [3.63, 3.8) is 0 Å². The molecule has 2 heterocycles. The molecule has 2 aliphatic heterocycles. The molecular formula is C19H37NO11. The monoisotopic (exact) mass is 455 g/mol. The fraction of sp³-hybridized carbons (Fsp3) is 1.00. The summed E-state index contributed by atoms with van der Waals surface area (Å²) in [6.07, 6.45) is -11.0. The van der Waals surface area contributed by atoms with Gasteiger partial charge in [0.15, 0.2) is 12.6 Å². The van der Waals surface area contributed by atoms with Gasteiger partial charge in [0.05, 0.1) is 32.0 Å². The van der Waals surface area contributed by atoms with Crippen molar-refractivity contribution in [3.05, 3.63) is 0 Å². The van der Waals surface area contributed by atoms with E-state index >= 15 is 0 Å². The van der Waals surface area contributed by atoms with Crippen molar-refractivity contribution < 1.29 is 54.3 Å². The summed E-state index contributed by atoms with van der Waals surface area (Å²) in [5.74, 6) is 0. The molecule has 2 aliphatic rings. The van der Waals surface area contributed by atoms with Gasteiger partial charge in [0, 0.05) is 26.7 Å². The molecule has 0 aromatic heterocycles. The van der Waals surface area contributed by atoms with Gasteiger partial charge in [0.2, 0.25) is 0 Å². The van der Waals surface area contributed by atoms with E-state index in [2.05, 4.69) is 0 Å². The summed E-state index contributed by atoms with van der Waals surface area (Å²) in [6, 6.07) is 0. The maximum atomic E-state index is 10.5. The first kappa shape index (κ1) is 26.8. The summed E-state index contributed by atoms with van der Waals surface area (Å²) in [5, 5.41) is 62.1. The molecule has 0 spiro atoms. The molecule has 0 aliphatic carbocycles. The Morgan fingerprint density at radius 2 is 1.26 bits per heavy atom. The minimum atomic E-state index is -1.41. The molecule has 12 nitrogen and oxygen atoms in total. The zero-order valence-electron chi connectivity index (χ0n) is 18.2. The van der Waals surface area contributed by atoms with Gasteiger partial charge in [-0.25, -0.2) is 0 Å². The highest BCUT2D eigenvalue weighted by atomic mass is 16.7. The Kier molecular flexibility index (Phi) is 10.9. The van der Waals surface area contributed by atoms with E-state index in [4.69, 9.17) is 23.7 Å². The Morgan fingerprint density at radius 3 is 1.65 bits per heavy atom. The predicted molar refractivity (Wildman–Crippen MR) is 105 cm³/mol. The van der Waals surface area contributed by atoms with Crippen LogP contribution >= 0.6 is 0 Å². The van der Waals surface area contributed by atoms with Crippen LogP contribution in [0, 0.1) is 0 Å². The number of aliphatic hydroxyl groups excluding tert-OH is 6. The third-order valence-corrected chi connectivity index (χ3v) is 5.42. The van der Waals surface area contributed by atoms with Crippen LogP contribution in [0.5, 0.6) is 0 Å². The molecule has 0 unspecified atom stereocenters. The SMILES string of the molecule is COCCN(C[C@H](O)[C@@H](O)[C@@H]1O[C@H](C)OC[C@H]1O)C[C@H](O)[C@@H](O)[C@@H]1O[C@H](C)OC[C@H]1O. The third-order valence-electron chi connectivity index (χ3n) is 5.42. The van der Waals surface area contributed by atoms with Gasteiger partial charge in [0.1, 0.15) is 36.6 Å². The van der Waals surface area contributed by atoms with Crippen LogP contribution in [0.2, 0.25) is 0 Å². The van der Waals surface area contributed by atoms with Crippen molar-refractivity contribution in [1.29, 1.82) is 0 Å². The first-order chi connectivity index (χ1) is 14.6. The van der Waals surface area contributed by atoms with Gasteiger partial charge in [0.25, 0.3) is 0 Å². The highest BCUT2D eigenvalue weighted by Gasteiger charge is 2.40. The van der Waals surface area contributed by atoms with E-state index in [0.29, 0.717) is 0 Å². The van der Waals surface area contributed by atoms with Crippen LogP contribution < -0.4 is 0 Å². The molecule has 184 valence electrons. The van der Waals surface area contributed by atoms with Crippen LogP contribution in [0.25, 0.3) is 0 Å². The topological polar surface area (TPSA) is 171 Å². The Morgan fingerprint density at radius 1 is 0.839 bits per heavy atom. The summed E-state index contributed by atoms with van der Waals surface area (Å²) in [5.41, 5.74) is 0. The molecule has 2 fully saturated rings. The van der Waals surface area contributed by atoms with Crippen molar-refractivity contribution in [1.82, 2.24) is 4.90 Å². The van der Waals surface area contributed by atoms with Crippen LogP contribution in [-0.2, 0) is 23.7 Å². The second kappa shape index (κ2) is 12.7. The Balaban J connectivity index is 1.96. The molecule has 12 heteroatoms. The van der Waals surface area contributed by atoms with Crippen molar-refractivity contribution in [2.45, 2.75) is 75.3 Å². The van der Waals surface area contributed by atoms with Crippen LogP contribution in [0.1, 0.15) is 13.8 Å². The van der Waals surface area contributed by atoms with Crippen LogP contribution in [0.4, 0.5) is 0 Å². The molecule has 31 heavy (non-hydrogen) atoms. The molecule has 0 aromatic rings. The van der Waals surface area contributed by atoms with E-state index in [1.54, 1.807) is 18.7 Å². The molecule has 2 rings (SSSR count). The summed E-state index contributed by atoms with van der Waals surface area (Å²) in [7, 11) is 1.50. The molecular weight excluding hydrogens is 418 g/mol. The normalized spacial score (nSPS) is 36.2. The lowest BCUT2D eigenvalue weighted by Crippen LogP contribution is -2.57. The average molecular weight is 456 g/mol. The smallest absolute Gasteiger partial charge is 0.155 e. The lowest BCUT2D eigenvalue weighted by atomic mass is 10.00. The largest absolute Gasteiger partial charge is 0.389 e. The highest BCUT2D eigenvalue weighted by molar-refractivity contribution is 4.89. The van der Waals surface area contributed by atoms with Crippen LogP contribution in [0.3, 0.4) is 0 Å². The van der Waals surface area contributed by atoms with Gasteiger partial charge < -0.3 is 54.3 Å². The molecule has 0 saturated carbocycles. The summed E-state index contributed by atoms with van der Waals surface area (Å²) in [4.78, 5) is 1.59. The van der Waals surface area contributed by atoms with E-state index in [-0.39, 0.29) is 39.5 Å². The second-order valence-corrected chi connectivity index (χ2v) is 8.01. The average Bonchev–Trinajstić information content (AvgIpc) is 2.74. The number of hydrogen-bond acceptors (Lipinski definition) is 12. The van der Waals surface area contributed by atoms with Crippen LogP contribution in [-0.4, -0.2) is 144 Å². The van der Waals surface area contributed by atoms with Gasteiger partial charge in [-0.1, -0.05) is 0 Å². The van der Waals surface area contributed by atoms with Gasteiger partial charge in [-0.05, 0) is 13.8 Å². The molecule has 0 radical (unpaired) electrons. The number of hydrogen-bond donors (Lipinski definition) is 6. The van der Waals surface area contributed by atoms with E-state index in [1.165, 1.54) is 7.11 Å². The molecule has 0 bridgehead atoms. The lowest BCUT2D eigenvalue weighted by molar-refractivity contribution is -0.274. The maximum absolute atomic E-state index is 10.5.